The first-order chi connectivity index (χ1) is 9.56. The Kier molecular flexibility index (Phi) is 4.53. The van der Waals surface area contributed by atoms with Crippen LogP contribution in [0.4, 0.5) is 4.79 Å². The van der Waals surface area contributed by atoms with E-state index in [1.165, 1.54) is 11.1 Å². The van der Waals surface area contributed by atoms with E-state index in [1.807, 2.05) is 24.0 Å². The number of amides is 2. The topological polar surface area (TPSA) is 41.6 Å². The van der Waals surface area contributed by atoms with Gasteiger partial charge in [0.1, 0.15) is 5.75 Å². The van der Waals surface area contributed by atoms with Crippen molar-refractivity contribution in [2.45, 2.75) is 45.7 Å². The molecule has 2 unspecified atom stereocenters. The highest BCUT2D eigenvalue weighted by Crippen LogP contribution is 2.32. The number of nitrogens with zero attached hydrogens (tertiary/aromatic N) is 1. The lowest BCUT2D eigenvalue weighted by Gasteiger charge is -2.36. The molecule has 1 aromatic rings. The Balaban J connectivity index is 2.17. The van der Waals surface area contributed by atoms with Crippen LogP contribution in [-0.2, 0) is 6.42 Å². The molecule has 1 heterocycles. The van der Waals surface area contributed by atoms with Crippen molar-refractivity contribution in [2.24, 2.45) is 0 Å². The van der Waals surface area contributed by atoms with Gasteiger partial charge in [-0.25, -0.2) is 4.79 Å². The number of hydrogen-bond acceptors (Lipinski definition) is 2. The molecule has 4 heteroatoms. The van der Waals surface area contributed by atoms with Crippen molar-refractivity contribution in [3.05, 3.63) is 29.3 Å². The summed E-state index contributed by atoms with van der Waals surface area (Å²) in [5.74, 6) is 0.847. The summed E-state index contributed by atoms with van der Waals surface area (Å²) in [6, 6.07) is 6.46. The van der Waals surface area contributed by atoms with Gasteiger partial charge in [-0.2, -0.15) is 0 Å². The molecule has 0 radical (unpaired) electrons. The van der Waals surface area contributed by atoms with Crippen molar-refractivity contribution in [3.8, 4) is 5.75 Å². The zero-order valence-corrected chi connectivity index (χ0v) is 12.8. The van der Waals surface area contributed by atoms with E-state index in [4.69, 9.17) is 4.74 Å². The van der Waals surface area contributed by atoms with Gasteiger partial charge in [0, 0.05) is 12.6 Å². The van der Waals surface area contributed by atoms with Gasteiger partial charge < -0.3 is 15.0 Å². The van der Waals surface area contributed by atoms with Crippen LogP contribution in [0.25, 0.3) is 0 Å². The Labute approximate surface area is 121 Å². The molecule has 2 rings (SSSR count). The van der Waals surface area contributed by atoms with Gasteiger partial charge in [-0.1, -0.05) is 13.0 Å². The standard InChI is InChI=1S/C16H24N2O2/c1-5-11(2)17-16(19)18-9-8-13-6-7-14(20-4)10-15(13)12(18)3/h6-7,10-12H,5,8-9H2,1-4H3,(H,17,19). The van der Waals surface area contributed by atoms with Crippen LogP contribution in [0, 0.1) is 0 Å². The molecule has 20 heavy (non-hydrogen) atoms. The number of nitrogens with one attached hydrogen (secondary N) is 1. The zero-order valence-electron chi connectivity index (χ0n) is 12.8. The highest BCUT2D eigenvalue weighted by atomic mass is 16.5. The van der Waals surface area contributed by atoms with Crippen molar-refractivity contribution in [3.63, 3.8) is 0 Å². The fourth-order valence-electron chi connectivity index (χ4n) is 2.59. The summed E-state index contributed by atoms with van der Waals surface area (Å²) < 4.78 is 5.29. The van der Waals surface area contributed by atoms with Gasteiger partial charge in [-0.05, 0) is 49.9 Å². The summed E-state index contributed by atoms with van der Waals surface area (Å²) in [6.07, 6.45) is 1.84. The normalized spacial score (nSPS) is 19.2. The Morgan fingerprint density at radius 2 is 2.30 bits per heavy atom. The Hall–Kier alpha value is -1.71. The number of rotatable bonds is 3. The van der Waals surface area contributed by atoms with Crippen molar-refractivity contribution < 1.29 is 9.53 Å². The number of urea groups is 1. The van der Waals surface area contributed by atoms with Crippen LogP contribution in [-0.4, -0.2) is 30.6 Å². The molecular weight excluding hydrogens is 252 g/mol. The second-order valence-corrected chi connectivity index (χ2v) is 5.44. The highest BCUT2D eigenvalue weighted by Gasteiger charge is 2.28. The summed E-state index contributed by atoms with van der Waals surface area (Å²) in [4.78, 5) is 14.2. The average Bonchev–Trinajstić information content (AvgIpc) is 2.47. The van der Waals surface area contributed by atoms with Crippen LogP contribution in [0.3, 0.4) is 0 Å². The van der Waals surface area contributed by atoms with E-state index in [9.17, 15) is 4.79 Å². The molecule has 0 aromatic heterocycles. The molecule has 1 aliphatic rings. The van der Waals surface area contributed by atoms with E-state index in [0.29, 0.717) is 0 Å². The van der Waals surface area contributed by atoms with Crippen molar-refractivity contribution in [1.29, 1.82) is 0 Å². The lowest BCUT2D eigenvalue weighted by Crippen LogP contribution is -2.47. The largest absolute Gasteiger partial charge is 0.497 e. The number of methoxy groups -OCH3 is 1. The lowest BCUT2D eigenvalue weighted by molar-refractivity contribution is 0.171. The second kappa shape index (κ2) is 6.16. The van der Waals surface area contributed by atoms with Crippen molar-refractivity contribution in [1.82, 2.24) is 10.2 Å². The molecule has 0 saturated carbocycles. The molecule has 2 atom stereocenters. The smallest absolute Gasteiger partial charge is 0.318 e. The minimum absolute atomic E-state index is 0.0281. The number of ether oxygens (including phenoxy) is 1. The summed E-state index contributed by atoms with van der Waals surface area (Å²) in [5, 5.41) is 3.04. The fraction of sp³-hybridized carbons (Fsp3) is 0.562. The minimum atomic E-state index is 0.0281. The van der Waals surface area contributed by atoms with E-state index in [1.54, 1.807) is 7.11 Å². The SMILES string of the molecule is CCC(C)NC(=O)N1CCc2ccc(OC)cc2C1C. The number of benzene rings is 1. The molecule has 0 saturated heterocycles. The van der Waals surface area contributed by atoms with Gasteiger partial charge in [0.15, 0.2) is 0 Å². The van der Waals surface area contributed by atoms with Crippen LogP contribution in [0.5, 0.6) is 5.75 Å². The molecule has 1 aromatic carbocycles. The molecule has 0 bridgehead atoms. The molecule has 0 spiro atoms. The van der Waals surface area contributed by atoms with E-state index < -0.39 is 0 Å². The van der Waals surface area contributed by atoms with E-state index in [-0.39, 0.29) is 18.1 Å². The first kappa shape index (κ1) is 14.7. The summed E-state index contributed by atoms with van der Waals surface area (Å²) in [6.45, 7) is 6.95. The van der Waals surface area contributed by atoms with E-state index in [2.05, 4.69) is 25.2 Å². The van der Waals surface area contributed by atoms with Crippen LogP contribution < -0.4 is 10.1 Å². The third-order valence-electron chi connectivity index (χ3n) is 4.14. The van der Waals surface area contributed by atoms with Crippen LogP contribution in [0.2, 0.25) is 0 Å². The molecule has 110 valence electrons. The Bertz CT molecular complexity index is 487. The predicted octanol–water partition coefficient (Wildman–Crippen LogP) is 3.12. The first-order valence-corrected chi connectivity index (χ1v) is 7.30. The average molecular weight is 276 g/mol. The molecule has 2 amide bonds. The number of carbonyl (C=O) groups is 1. The van der Waals surface area contributed by atoms with Gasteiger partial charge in [0.25, 0.3) is 0 Å². The summed E-state index contributed by atoms with van der Waals surface area (Å²) >= 11 is 0. The Morgan fingerprint density at radius 3 is 2.95 bits per heavy atom. The molecule has 0 aliphatic carbocycles. The molecule has 1 aliphatic heterocycles. The maximum absolute atomic E-state index is 12.3. The van der Waals surface area contributed by atoms with Gasteiger partial charge in [0.2, 0.25) is 0 Å². The first-order valence-electron chi connectivity index (χ1n) is 7.30. The number of carbonyl (C=O) groups excluding carboxylic acids is 1. The summed E-state index contributed by atoms with van der Waals surface area (Å²) in [5.41, 5.74) is 2.50. The van der Waals surface area contributed by atoms with Crippen molar-refractivity contribution >= 4 is 6.03 Å². The third-order valence-corrected chi connectivity index (χ3v) is 4.14. The van der Waals surface area contributed by atoms with E-state index >= 15 is 0 Å². The highest BCUT2D eigenvalue weighted by molar-refractivity contribution is 5.75. The van der Waals surface area contributed by atoms with Crippen LogP contribution >= 0.6 is 0 Å². The lowest BCUT2D eigenvalue weighted by atomic mass is 9.93. The predicted molar refractivity (Wildman–Crippen MR) is 80.1 cm³/mol. The second-order valence-electron chi connectivity index (χ2n) is 5.44. The third kappa shape index (κ3) is 2.89. The zero-order chi connectivity index (χ0) is 14.7. The van der Waals surface area contributed by atoms with E-state index in [0.717, 1.165) is 25.1 Å². The number of hydrogen-bond donors (Lipinski definition) is 1. The fourth-order valence-corrected chi connectivity index (χ4v) is 2.59. The van der Waals surface area contributed by atoms with Gasteiger partial charge in [0.05, 0.1) is 13.2 Å². The minimum Gasteiger partial charge on any atom is -0.497 e. The van der Waals surface area contributed by atoms with Crippen LogP contribution in [0.1, 0.15) is 44.4 Å². The van der Waals surface area contributed by atoms with Crippen LogP contribution in [0.15, 0.2) is 18.2 Å². The summed E-state index contributed by atoms with van der Waals surface area (Å²) in [7, 11) is 1.67. The quantitative estimate of drug-likeness (QED) is 0.921. The molecule has 1 N–H and O–H groups in total. The molecule has 4 nitrogen and oxygen atoms in total. The maximum atomic E-state index is 12.3. The maximum Gasteiger partial charge on any atom is 0.318 e. The van der Waals surface area contributed by atoms with Gasteiger partial charge in [-0.15, -0.1) is 0 Å². The molecular formula is C16H24N2O2. The Morgan fingerprint density at radius 1 is 1.55 bits per heavy atom. The van der Waals surface area contributed by atoms with Gasteiger partial charge in [-0.3, -0.25) is 0 Å². The molecule has 0 fully saturated rings. The number of fused-ring (bicyclic) bond motifs is 1. The monoisotopic (exact) mass is 276 g/mol. The van der Waals surface area contributed by atoms with Gasteiger partial charge >= 0.3 is 6.03 Å². The van der Waals surface area contributed by atoms with Crippen molar-refractivity contribution in [2.75, 3.05) is 13.7 Å².